The second-order valence-corrected chi connectivity index (χ2v) is 7.71. The lowest BCUT2D eigenvalue weighted by Crippen LogP contribution is -3.05. The Hall–Kier alpha value is -3.45. The van der Waals surface area contributed by atoms with E-state index in [-0.39, 0.29) is 11.3 Å². The van der Waals surface area contributed by atoms with Crippen molar-refractivity contribution in [1.82, 2.24) is 9.88 Å². The second kappa shape index (κ2) is 8.12. The fraction of sp³-hybridized carbons (Fsp3) is 0.261. The number of amides is 1. The normalized spacial score (nSPS) is 16.8. The smallest absolute Gasteiger partial charge is 0.239 e. The third-order valence-electron chi connectivity index (χ3n) is 5.28. The minimum Gasteiger partial charge on any atom is -0.868 e. The van der Waals surface area contributed by atoms with Gasteiger partial charge in [0.15, 0.2) is 5.76 Å². The second-order valence-electron chi connectivity index (χ2n) is 7.71. The molecule has 0 saturated heterocycles. The van der Waals surface area contributed by atoms with Crippen molar-refractivity contribution >= 4 is 22.7 Å². The van der Waals surface area contributed by atoms with Crippen LogP contribution in [0.1, 0.15) is 28.6 Å². The van der Waals surface area contributed by atoms with Crippen molar-refractivity contribution in [2.45, 2.75) is 12.5 Å². The Morgan fingerprint density at radius 1 is 1.20 bits per heavy atom. The van der Waals surface area contributed by atoms with E-state index < -0.39 is 23.5 Å². The number of nitrogens with one attached hydrogen (secondary N) is 1. The average Bonchev–Trinajstić information content (AvgIpc) is 3.28. The lowest BCUT2D eigenvalue weighted by molar-refractivity contribution is -0.858. The Balaban J connectivity index is 1.73. The van der Waals surface area contributed by atoms with Crippen molar-refractivity contribution in [1.29, 1.82) is 0 Å². The van der Waals surface area contributed by atoms with Gasteiger partial charge in [0.05, 0.1) is 26.7 Å². The quantitative estimate of drug-likeness (QED) is 0.586. The highest BCUT2D eigenvalue weighted by Gasteiger charge is 2.40. The fourth-order valence-electron chi connectivity index (χ4n) is 3.82. The number of quaternary nitrogens is 1. The van der Waals surface area contributed by atoms with E-state index in [2.05, 4.69) is 4.98 Å². The monoisotopic (exact) mass is 405 g/mol. The molecule has 1 aliphatic heterocycles. The van der Waals surface area contributed by atoms with E-state index in [9.17, 15) is 14.7 Å². The molecule has 1 amide bonds. The van der Waals surface area contributed by atoms with E-state index in [1.54, 1.807) is 36.7 Å². The van der Waals surface area contributed by atoms with Crippen LogP contribution < -0.4 is 10.0 Å². The van der Waals surface area contributed by atoms with E-state index in [0.29, 0.717) is 17.7 Å². The Labute approximate surface area is 174 Å². The van der Waals surface area contributed by atoms with Crippen LogP contribution in [0.15, 0.2) is 70.6 Å². The van der Waals surface area contributed by atoms with Gasteiger partial charge in [0.1, 0.15) is 5.58 Å². The Kier molecular flexibility index (Phi) is 5.37. The molecule has 0 spiro atoms. The predicted octanol–water partition coefficient (Wildman–Crippen LogP) is 0.743. The highest BCUT2D eigenvalue weighted by molar-refractivity contribution is 6.15. The van der Waals surface area contributed by atoms with Crippen LogP contribution in [-0.4, -0.2) is 48.8 Å². The highest BCUT2D eigenvalue weighted by atomic mass is 16.3. The number of Topliss-reactive ketones (excluding diaryl/α,β-unsaturated/α-hetero) is 1. The molecule has 0 fully saturated rings. The molecule has 7 heteroatoms. The van der Waals surface area contributed by atoms with Gasteiger partial charge in [0, 0.05) is 36.3 Å². The van der Waals surface area contributed by atoms with E-state index >= 15 is 0 Å². The first-order valence-corrected chi connectivity index (χ1v) is 9.91. The number of carbonyl (C=O) groups is 2. The molecule has 154 valence electrons. The van der Waals surface area contributed by atoms with Crippen LogP contribution in [0.3, 0.4) is 0 Å². The topological polar surface area (TPSA) is 90.9 Å². The van der Waals surface area contributed by atoms with Gasteiger partial charge in [-0.15, -0.1) is 0 Å². The van der Waals surface area contributed by atoms with Gasteiger partial charge in [-0.3, -0.25) is 14.6 Å². The van der Waals surface area contributed by atoms with Gasteiger partial charge in [-0.1, -0.05) is 18.2 Å². The summed E-state index contributed by atoms with van der Waals surface area (Å²) in [6, 6.07) is 11.6. The molecule has 4 rings (SSSR count). The number of ketones is 1. The summed E-state index contributed by atoms with van der Waals surface area (Å²) in [4.78, 5) is 32.9. The Morgan fingerprint density at radius 2 is 1.93 bits per heavy atom. The number of hydrogen-bond acceptors (Lipinski definition) is 5. The lowest BCUT2D eigenvalue weighted by Gasteiger charge is -2.27. The zero-order valence-electron chi connectivity index (χ0n) is 16.9. The third-order valence-corrected chi connectivity index (χ3v) is 5.28. The maximum absolute atomic E-state index is 13.3. The number of aromatic nitrogens is 1. The number of hydrogen-bond donors (Lipinski definition) is 1. The zero-order chi connectivity index (χ0) is 21.3. The molecule has 1 atom stereocenters. The van der Waals surface area contributed by atoms with Gasteiger partial charge in [-0.25, -0.2) is 0 Å². The Morgan fingerprint density at radius 3 is 2.63 bits per heavy atom. The van der Waals surface area contributed by atoms with Crippen LogP contribution in [0.4, 0.5) is 0 Å². The molecule has 3 aromatic rings. The maximum Gasteiger partial charge on any atom is 0.239 e. The van der Waals surface area contributed by atoms with Crippen LogP contribution in [0.2, 0.25) is 0 Å². The number of pyridine rings is 1. The van der Waals surface area contributed by atoms with Crippen molar-refractivity contribution in [2.75, 3.05) is 27.2 Å². The van der Waals surface area contributed by atoms with Crippen LogP contribution in [0, 0.1) is 0 Å². The van der Waals surface area contributed by atoms with Crippen LogP contribution in [0.25, 0.3) is 11.0 Å². The molecule has 0 radical (unpaired) electrons. The first-order valence-electron chi connectivity index (χ1n) is 9.91. The molecule has 0 saturated carbocycles. The van der Waals surface area contributed by atoms with Crippen molar-refractivity contribution in [3.05, 3.63) is 77.5 Å². The molecule has 1 unspecified atom stereocenters. The maximum atomic E-state index is 13.3. The molecule has 1 N–H and O–H groups in total. The zero-order valence-corrected chi connectivity index (χ0v) is 16.9. The van der Waals surface area contributed by atoms with Crippen LogP contribution in [0.5, 0.6) is 0 Å². The summed E-state index contributed by atoms with van der Waals surface area (Å²) in [6.45, 7) is 1.23. The molecular weight excluding hydrogens is 382 g/mol. The molecule has 2 aromatic heterocycles. The SMILES string of the molecule is C[NH+](C)CCCN1C(=O)C([O-])=C(C(=O)c2cc3ccccc3o2)C1c1ccncc1. The lowest BCUT2D eigenvalue weighted by atomic mass is 9.95. The largest absolute Gasteiger partial charge is 0.868 e. The Bertz CT molecular complexity index is 1080. The number of benzene rings is 1. The van der Waals surface area contributed by atoms with Gasteiger partial charge in [-0.2, -0.15) is 0 Å². The van der Waals surface area contributed by atoms with E-state index in [1.165, 1.54) is 9.80 Å². The van der Waals surface area contributed by atoms with Gasteiger partial charge in [0.25, 0.3) is 0 Å². The van der Waals surface area contributed by atoms with E-state index in [1.807, 2.05) is 32.3 Å². The minimum absolute atomic E-state index is 0.0611. The highest BCUT2D eigenvalue weighted by Crippen LogP contribution is 2.38. The summed E-state index contributed by atoms with van der Waals surface area (Å²) >= 11 is 0. The molecule has 3 heterocycles. The summed E-state index contributed by atoms with van der Waals surface area (Å²) in [5, 5.41) is 13.7. The number of carbonyl (C=O) groups excluding carboxylic acids is 2. The van der Waals surface area contributed by atoms with Crippen molar-refractivity contribution < 1.29 is 24.0 Å². The molecular formula is C23H23N3O4. The number of para-hydroxylation sites is 1. The average molecular weight is 405 g/mol. The summed E-state index contributed by atoms with van der Waals surface area (Å²) in [5.41, 5.74) is 1.17. The standard InChI is InChI=1S/C23H23N3O4/c1-25(2)12-5-13-26-20(15-8-10-24-11-9-15)19(22(28)23(26)29)21(27)18-14-16-6-3-4-7-17(16)30-18/h3-4,6-11,14,20,28H,5,12-13H2,1-2H3. The molecule has 7 nitrogen and oxygen atoms in total. The summed E-state index contributed by atoms with van der Waals surface area (Å²) in [7, 11) is 4.06. The van der Waals surface area contributed by atoms with Gasteiger partial charge in [-0.05, 0) is 35.6 Å². The number of fused-ring (bicyclic) bond motifs is 1. The van der Waals surface area contributed by atoms with E-state index in [0.717, 1.165) is 18.4 Å². The number of rotatable bonds is 7. The predicted molar refractivity (Wildman–Crippen MR) is 109 cm³/mol. The summed E-state index contributed by atoms with van der Waals surface area (Å²) in [6.07, 6.45) is 3.90. The molecule has 0 aliphatic carbocycles. The van der Waals surface area contributed by atoms with Crippen LogP contribution in [-0.2, 0) is 4.79 Å². The van der Waals surface area contributed by atoms with Gasteiger partial charge in [0.2, 0.25) is 11.7 Å². The molecule has 1 aliphatic rings. The molecule has 0 bridgehead atoms. The van der Waals surface area contributed by atoms with Gasteiger partial charge >= 0.3 is 0 Å². The summed E-state index contributed by atoms with van der Waals surface area (Å²) < 4.78 is 5.69. The van der Waals surface area contributed by atoms with E-state index in [4.69, 9.17) is 4.42 Å². The van der Waals surface area contributed by atoms with Crippen molar-refractivity contribution in [3.8, 4) is 0 Å². The third kappa shape index (κ3) is 3.59. The van der Waals surface area contributed by atoms with Crippen LogP contribution >= 0.6 is 0 Å². The minimum atomic E-state index is -0.764. The first kappa shape index (κ1) is 19.8. The summed E-state index contributed by atoms with van der Waals surface area (Å²) in [5.74, 6) is -1.90. The number of furan rings is 1. The first-order chi connectivity index (χ1) is 14.5. The van der Waals surface area contributed by atoms with Crippen molar-refractivity contribution in [3.63, 3.8) is 0 Å². The number of nitrogens with zero attached hydrogens (tertiary/aromatic N) is 2. The fourth-order valence-corrected chi connectivity index (χ4v) is 3.82. The molecule has 1 aromatic carbocycles. The van der Waals surface area contributed by atoms with Crippen molar-refractivity contribution in [2.24, 2.45) is 0 Å². The molecule has 30 heavy (non-hydrogen) atoms. The van der Waals surface area contributed by atoms with Gasteiger partial charge < -0.3 is 19.3 Å².